The average Bonchev–Trinajstić information content (AvgIpc) is 2.48. The number of benzene rings is 2. The summed E-state index contributed by atoms with van der Waals surface area (Å²) in [4.78, 5) is 12.0. The van der Waals surface area contributed by atoms with E-state index in [0.29, 0.717) is 27.8 Å². The zero-order valence-corrected chi connectivity index (χ0v) is 12.1. The van der Waals surface area contributed by atoms with Crippen LogP contribution in [0.2, 0.25) is 0 Å². The van der Waals surface area contributed by atoms with Crippen LogP contribution in [0, 0.1) is 11.3 Å². The minimum Gasteiger partial charge on any atom is -0.398 e. The van der Waals surface area contributed by atoms with Crippen LogP contribution in [0.1, 0.15) is 21.5 Å². The smallest absolute Gasteiger partial charge is 0.251 e. The first-order chi connectivity index (χ1) is 9.60. The maximum atomic E-state index is 12.0. The van der Waals surface area contributed by atoms with Gasteiger partial charge in [-0.25, -0.2) is 0 Å². The lowest BCUT2D eigenvalue weighted by Crippen LogP contribution is -2.22. The minimum absolute atomic E-state index is 0.171. The summed E-state index contributed by atoms with van der Waals surface area (Å²) < 4.78 is 0.698. The van der Waals surface area contributed by atoms with Gasteiger partial charge in [-0.05, 0) is 51.8 Å². The Morgan fingerprint density at radius 2 is 1.95 bits per heavy atom. The predicted octanol–water partition coefficient (Wildman–Crippen LogP) is 2.83. The number of carbonyl (C=O) groups is 1. The molecule has 0 atom stereocenters. The number of nitrogens with two attached hydrogens (primary N) is 1. The molecule has 0 aliphatic rings. The maximum Gasteiger partial charge on any atom is 0.251 e. The van der Waals surface area contributed by atoms with Crippen LogP contribution in [0.4, 0.5) is 5.69 Å². The second kappa shape index (κ2) is 6.22. The van der Waals surface area contributed by atoms with Crippen molar-refractivity contribution < 1.29 is 4.79 Å². The van der Waals surface area contributed by atoms with Gasteiger partial charge in [0.05, 0.1) is 11.6 Å². The van der Waals surface area contributed by atoms with Crippen molar-refractivity contribution in [1.29, 1.82) is 5.26 Å². The van der Waals surface area contributed by atoms with Gasteiger partial charge in [-0.15, -0.1) is 0 Å². The van der Waals surface area contributed by atoms with Gasteiger partial charge < -0.3 is 11.1 Å². The molecule has 100 valence electrons. The lowest BCUT2D eigenvalue weighted by atomic mass is 10.1. The maximum absolute atomic E-state index is 12.0. The Hall–Kier alpha value is -2.32. The first-order valence-corrected chi connectivity index (χ1v) is 6.71. The van der Waals surface area contributed by atoms with Crippen LogP contribution in [-0.2, 0) is 6.54 Å². The fraction of sp³-hybridized carbons (Fsp3) is 0.0667. The molecule has 0 radical (unpaired) electrons. The van der Waals surface area contributed by atoms with E-state index in [0.717, 1.165) is 5.56 Å². The molecule has 1 amide bonds. The van der Waals surface area contributed by atoms with Crippen molar-refractivity contribution in [3.63, 3.8) is 0 Å². The number of hydrogen-bond acceptors (Lipinski definition) is 3. The molecule has 0 aliphatic carbocycles. The second-order valence-corrected chi connectivity index (χ2v) is 5.08. The Kier molecular flexibility index (Phi) is 4.38. The predicted molar refractivity (Wildman–Crippen MR) is 80.9 cm³/mol. The summed E-state index contributed by atoms with van der Waals surface area (Å²) in [5.41, 5.74) is 8.35. The largest absolute Gasteiger partial charge is 0.398 e. The highest BCUT2D eigenvalue weighted by molar-refractivity contribution is 9.10. The van der Waals surface area contributed by atoms with Gasteiger partial charge >= 0.3 is 0 Å². The van der Waals surface area contributed by atoms with E-state index in [1.807, 2.05) is 12.1 Å². The van der Waals surface area contributed by atoms with Crippen LogP contribution in [-0.4, -0.2) is 5.91 Å². The van der Waals surface area contributed by atoms with Crippen LogP contribution in [0.5, 0.6) is 0 Å². The molecule has 0 bridgehead atoms. The third-order valence-electron chi connectivity index (χ3n) is 2.80. The van der Waals surface area contributed by atoms with Gasteiger partial charge in [0.2, 0.25) is 0 Å². The van der Waals surface area contributed by atoms with Crippen molar-refractivity contribution in [3.05, 3.63) is 63.6 Å². The molecule has 2 aromatic rings. The third kappa shape index (κ3) is 3.37. The molecule has 0 fully saturated rings. The van der Waals surface area contributed by atoms with E-state index < -0.39 is 0 Å². The SMILES string of the molecule is N#Cc1ccc(CNC(=O)c2ccc(N)c(Br)c2)cc1. The van der Waals surface area contributed by atoms with Crippen molar-refractivity contribution in [2.75, 3.05) is 5.73 Å². The van der Waals surface area contributed by atoms with Crippen molar-refractivity contribution in [1.82, 2.24) is 5.32 Å². The number of nitrogens with one attached hydrogen (secondary N) is 1. The number of amides is 1. The second-order valence-electron chi connectivity index (χ2n) is 4.23. The number of halogens is 1. The molecule has 0 spiro atoms. The minimum atomic E-state index is -0.171. The van der Waals surface area contributed by atoms with E-state index in [1.54, 1.807) is 30.3 Å². The van der Waals surface area contributed by atoms with Crippen LogP contribution in [0.15, 0.2) is 46.9 Å². The summed E-state index contributed by atoms with van der Waals surface area (Å²) in [6.45, 7) is 0.409. The zero-order chi connectivity index (χ0) is 14.5. The molecule has 2 rings (SSSR count). The summed E-state index contributed by atoms with van der Waals surface area (Å²) in [6.07, 6.45) is 0. The van der Waals surface area contributed by atoms with Gasteiger partial charge in [-0.3, -0.25) is 4.79 Å². The Labute approximate surface area is 125 Å². The van der Waals surface area contributed by atoms with E-state index in [2.05, 4.69) is 27.3 Å². The van der Waals surface area contributed by atoms with Gasteiger partial charge in [-0.2, -0.15) is 5.26 Å². The Morgan fingerprint density at radius 3 is 2.55 bits per heavy atom. The number of nitrogens with zero attached hydrogens (tertiary/aromatic N) is 1. The van der Waals surface area contributed by atoms with E-state index >= 15 is 0 Å². The standard InChI is InChI=1S/C15H12BrN3O/c16-13-7-12(5-6-14(13)18)15(20)19-9-11-3-1-10(8-17)2-4-11/h1-7H,9,18H2,(H,19,20). The molecular formula is C15H12BrN3O. The summed E-state index contributed by atoms with van der Waals surface area (Å²) in [7, 11) is 0. The molecule has 2 aromatic carbocycles. The molecule has 0 saturated carbocycles. The number of rotatable bonds is 3. The fourth-order valence-electron chi connectivity index (χ4n) is 1.65. The normalized spacial score (nSPS) is 9.80. The van der Waals surface area contributed by atoms with Gasteiger partial charge in [-0.1, -0.05) is 12.1 Å². The molecule has 0 saturated heterocycles. The molecular weight excluding hydrogens is 318 g/mol. The molecule has 0 unspecified atom stereocenters. The molecule has 4 nitrogen and oxygen atoms in total. The molecule has 20 heavy (non-hydrogen) atoms. The molecule has 5 heteroatoms. The van der Waals surface area contributed by atoms with Gasteiger partial charge in [0.15, 0.2) is 0 Å². The monoisotopic (exact) mass is 329 g/mol. The summed E-state index contributed by atoms with van der Waals surface area (Å²) in [6, 6.07) is 14.2. The van der Waals surface area contributed by atoms with Crippen LogP contribution < -0.4 is 11.1 Å². The summed E-state index contributed by atoms with van der Waals surface area (Å²) in [5.74, 6) is -0.171. The number of carbonyl (C=O) groups excluding carboxylic acids is 1. The van der Waals surface area contributed by atoms with Crippen molar-refractivity contribution >= 4 is 27.5 Å². The van der Waals surface area contributed by atoms with Gasteiger partial charge in [0.25, 0.3) is 5.91 Å². The Morgan fingerprint density at radius 1 is 1.25 bits per heavy atom. The number of hydrogen-bond donors (Lipinski definition) is 2. The van der Waals surface area contributed by atoms with Crippen molar-refractivity contribution in [2.24, 2.45) is 0 Å². The molecule has 0 heterocycles. The highest BCUT2D eigenvalue weighted by Crippen LogP contribution is 2.20. The fourth-order valence-corrected chi connectivity index (χ4v) is 2.03. The number of nitrogen functional groups attached to an aromatic ring is 1. The topological polar surface area (TPSA) is 78.9 Å². The number of anilines is 1. The zero-order valence-electron chi connectivity index (χ0n) is 10.6. The van der Waals surface area contributed by atoms with Crippen LogP contribution in [0.3, 0.4) is 0 Å². The van der Waals surface area contributed by atoms with Crippen molar-refractivity contribution in [2.45, 2.75) is 6.54 Å². The first-order valence-electron chi connectivity index (χ1n) is 5.92. The summed E-state index contributed by atoms with van der Waals surface area (Å²) >= 11 is 3.29. The van der Waals surface area contributed by atoms with Crippen molar-refractivity contribution in [3.8, 4) is 6.07 Å². The first kappa shape index (κ1) is 14.1. The van der Waals surface area contributed by atoms with Crippen LogP contribution >= 0.6 is 15.9 Å². The lowest BCUT2D eigenvalue weighted by Gasteiger charge is -2.07. The van der Waals surface area contributed by atoms with Crippen LogP contribution in [0.25, 0.3) is 0 Å². The Balaban J connectivity index is 2.01. The Bertz CT molecular complexity index is 675. The molecule has 0 aromatic heterocycles. The highest BCUT2D eigenvalue weighted by Gasteiger charge is 2.07. The quantitative estimate of drug-likeness (QED) is 0.850. The highest BCUT2D eigenvalue weighted by atomic mass is 79.9. The van der Waals surface area contributed by atoms with E-state index in [1.165, 1.54) is 0 Å². The lowest BCUT2D eigenvalue weighted by molar-refractivity contribution is 0.0951. The van der Waals surface area contributed by atoms with E-state index in [-0.39, 0.29) is 5.91 Å². The molecule has 0 aliphatic heterocycles. The van der Waals surface area contributed by atoms with E-state index in [9.17, 15) is 4.79 Å². The number of nitriles is 1. The summed E-state index contributed by atoms with van der Waals surface area (Å²) in [5, 5.41) is 11.5. The van der Waals surface area contributed by atoms with Gasteiger partial charge in [0.1, 0.15) is 0 Å². The average molecular weight is 330 g/mol. The third-order valence-corrected chi connectivity index (χ3v) is 3.49. The van der Waals surface area contributed by atoms with Gasteiger partial charge in [0, 0.05) is 22.3 Å². The van der Waals surface area contributed by atoms with E-state index in [4.69, 9.17) is 11.0 Å². The molecule has 3 N–H and O–H groups in total.